The van der Waals surface area contributed by atoms with E-state index in [-0.39, 0.29) is 12.7 Å². The lowest BCUT2D eigenvalue weighted by Gasteiger charge is -2.04. The van der Waals surface area contributed by atoms with Crippen LogP contribution >= 0.6 is 0 Å². The first-order chi connectivity index (χ1) is 9.81. The third-order valence-corrected chi connectivity index (χ3v) is 3.67. The molecular formula is C14H13N3O3. The Labute approximate surface area is 115 Å². The molecule has 1 aromatic heterocycles. The van der Waals surface area contributed by atoms with Crippen molar-refractivity contribution in [2.24, 2.45) is 0 Å². The number of H-pyrrole nitrogens is 1. The highest BCUT2D eigenvalue weighted by atomic mass is 16.7. The van der Waals surface area contributed by atoms with Crippen LogP contribution < -0.4 is 14.8 Å². The van der Waals surface area contributed by atoms with Gasteiger partial charge in [-0.25, -0.2) is 0 Å². The van der Waals surface area contributed by atoms with E-state index in [0.717, 1.165) is 30.5 Å². The normalized spacial score (nSPS) is 15.2. The summed E-state index contributed by atoms with van der Waals surface area (Å²) in [7, 11) is 0. The smallest absolute Gasteiger partial charge is 0.257 e. The van der Waals surface area contributed by atoms with E-state index in [9.17, 15) is 4.79 Å². The third-order valence-electron chi connectivity index (χ3n) is 3.67. The van der Waals surface area contributed by atoms with Crippen molar-refractivity contribution in [3.63, 3.8) is 0 Å². The van der Waals surface area contributed by atoms with Gasteiger partial charge >= 0.3 is 0 Å². The Morgan fingerprint density at radius 1 is 1.25 bits per heavy atom. The number of rotatable bonds is 2. The van der Waals surface area contributed by atoms with E-state index in [4.69, 9.17) is 9.47 Å². The second-order valence-electron chi connectivity index (χ2n) is 4.91. The van der Waals surface area contributed by atoms with Crippen molar-refractivity contribution in [3.05, 3.63) is 35.0 Å². The highest BCUT2D eigenvalue weighted by molar-refractivity contribution is 6.04. The number of hydrogen-bond donors (Lipinski definition) is 2. The predicted octanol–water partition coefficient (Wildman–Crippen LogP) is 1.88. The van der Waals surface area contributed by atoms with Crippen LogP contribution in [0, 0.1) is 0 Å². The quantitative estimate of drug-likeness (QED) is 0.874. The van der Waals surface area contributed by atoms with E-state index >= 15 is 0 Å². The molecule has 1 aliphatic heterocycles. The zero-order valence-electron chi connectivity index (χ0n) is 10.7. The summed E-state index contributed by atoms with van der Waals surface area (Å²) in [5.74, 6) is 1.72. The average Bonchev–Trinajstić information content (AvgIpc) is 3.14. The molecule has 0 bridgehead atoms. The number of carbonyl (C=O) groups excluding carboxylic acids is 1. The summed E-state index contributed by atoms with van der Waals surface area (Å²) in [6.07, 6.45) is 3.07. The van der Waals surface area contributed by atoms with E-state index in [1.54, 1.807) is 18.2 Å². The van der Waals surface area contributed by atoms with Gasteiger partial charge in [0.05, 0.1) is 0 Å². The van der Waals surface area contributed by atoms with Gasteiger partial charge in [0, 0.05) is 16.8 Å². The molecule has 0 atom stereocenters. The summed E-state index contributed by atoms with van der Waals surface area (Å²) in [6.45, 7) is 0.202. The molecule has 0 unspecified atom stereocenters. The van der Waals surface area contributed by atoms with Crippen molar-refractivity contribution in [2.45, 2.75) is 19.3 Å². The first-order valence-corrected chi connectivity index (χ1v) is 6.58. The van der Waals surface area contributed by atoms with Crippen LogP contribution in [0.4, 0.5) is 5.82 Å². The first kappa shape index (κ1) is 11.3. The minimum atomic E-state index is -0.190. The molecular weight excluding hydrogens is 258 g/mol. The number of ether oxygens (including phenoxy) is 2. The molecule has 0 spiro atoms. The summed E-state index contributed by atoms with van der Waals surface area (Å²) in [5, 5.41) is 9.99. The fourth-order valence-electron chi connectivity index (χ4n) is 2.64. The summed E-state index contributed by atoms with van der Waals surface area (Å²) in [5.41, 5.74) is 2.79. The minimum Gasteiger partial charge on any atom is -0.454 e. The van der Waals surface area contributed by atoms with Gasteiger partial charge < -0.3 is 14.8 Å². The molecule has 1 aliphatic carbocycles. The van der Waals surface area contributed by atoms with Crippen molar-refractivity contribution in [2.75, 3.05) is 12.1 Å². The van der Waals surface area contributed by atoms with Gasteiger partial charge in [-0.05, 0) is 37.5 Å². The standard InChI is InChI=1S/C14H13N3O3/c18-14(8-4-5-11-12(6-8)20-7-19-11)15-13-9-2-1-3-10(9)16-17-13/h4-6H,1-3,7H2,(H2,15,16,17,18). The maximum absolute atomic E-state index is 12.3. The van der Waals surface area contributed by atoms with Gasteiger partial charge in [0.25, 0.3) is 5.91 Å². The van der Waals surface area contributed by atoms with Crippen LogP contribution in [0.5, 0.6) is 11.5 Å². The second-order valence-corrected chi connectivity index (χ2v) is 4.91. The highest BCUT2D eigenvalue weighted by Crippen LogP contribution is 2.33. The molecule has 0 radical (unpaired) electrons. The van der Waals surface area contributed by atoms with E-state index in [2.05, 4.69) is 15.5 Å². The van der Waals surface area contributed by atoms with E-state index in [1.807, 2.05) is 0 Å². The Bertz CT molecular complexity index is 693. The largest absolute Gasteiger partial charge is 0.454 e. The minimum absolute atomic E-state index is 0.190. The molecule has 1 aromatic carbocycles. The third kappa shape index (κ3) is 1.72. The number of anilines is 1. The number of aryl methyl sites for hydroxylation is 1. The summed E-state index contributed by atoms with van der Waals surface area (Å²) in [6, 6.07) is 5.15. The van der Waals surface area contributed by atoms with Gasteiger partial charge in [0.2, 0.25) is 6.79 Å². The molecule has 0 saturated heterocycles. The van der Waals surface area contributed by atoms with E-state index in [1.165, 1.54) is 0 Å². The van der Waals surface area contributed by atoms with Gasteiger partial charge in [0.1, 0.15) is 0 Å². The molecule has 6 nitrogen and oxygen atoms in total. The van der Waals surface area contributed by atoms with E-state index < -0.39 is 0 Å². The topological polar surface area (TPSA) is 76.2 Å². The van der Waals surface area contributed by atoms with Gasteiger partial charge in [-0.3, -0.25) is 9.89 Å². The van der Waals surface area contributed by atoms with Crippen LogP contribution in [0.25, 0.3) is 0 Å². The molecule has 2 aliphatic rings. The SMILES string of the molecule is O=C(Nc1n[nH]c2c1CCC2)c1ccc2c(c1)OCO2. The molecule has 2 heterocycles. The fourth-order valence-corrected chi connectivity index (χ4v) is 2.64. The van der Waals surface area contributed by atoms with Gasteiger partial charge in [-0.2, -0.15) is 5.10 Å². The first-order valence-electron chi connectivity index (χ1n) is 6.58. The number of carbonyl (C=O) groups is 1. The molecule has 4 rings (SSSR count). The second kappa shape index (κ2) is 4.26. The van der Waals surface area contributed by atoms with Crippen LogP contribution in [0.3, 0.4) is 0 Å². The molecule has 6 heteroatoms. The van der Waals surface area contributed by atoms with Gasteiger partial charge in [-0.15, -0.1) is 0 Å². The number of nitrogens with zero attached hydrogens (tertiary/aromatic N) is 1. The molecule has 0 saturated carbocycles. The van der Waals surface area contributed by atoms with Crippen molar-refractivity contribution < 1.29 is 14.3 Å². The van der Waals surface area contributed by atoms with Gasteiger partial charge in [-0.1, -0.05) is 0 Å². The Morgan fingerprint density at radius 3 is 3.10 bits per heavy atom. The van der Waals surface area contributed by atoms with Crippen LogP contribution in [-0.4, -0.2) is 22.9 Å². The fraction of sp³-hybridized carbons (Fsp3) is 0.286. The average molecular weight is 271 g/mol. The summed E-state index contributed by atoms with van der Waals surface area (Å²) in [4.78, 5) is 12.3. The Morgan fingerprint density at radius 2 is 2.15 bits per heavy atom. The Kier molecular flexibility index (Phi) is 2.42. The highest BCUT2D eigenvalue weighted by Gasteiger charge is 2.21. The number of benzene rings is 1. The lowest BCUT2D eigenvalue weighted by Crippen LogP contribution is -2.13. The predicted molar refractivity (Wildman–Crippen MR) is 71.1 cm³/mol. The number of aromatic nitrogens is 2. The lowest BCUT2D eigenvalue weighted by molar-refractivity contribution is 0.102. The monoisotopic (exact) mass is 271 g/mol. The van der Waals surface area contributed by atoms with Crippen molar-refractivity contribution in [1.82, 2.24) is 10.2 Å². The summed E-state index contributed by atoms with van der Waals surface area (Å²) >= 11 is 0. The molecule has 2 aromatic rings. The maximum atomic E-state index is 12.3. The molecule has 102 valence electrons. The summed E-state index contributed by atoms with van der Waals surface area (Å²) < 4.78 is 10.5. The lowest BCUT2D eigenvalue weighted by atomic mass is 10.2. The number of amides is 1. The van der Waals surface area contributed by atoms with Crippen molar-refractivity contribution in [3.8, 4) is 11.5 Å². The van der Waals surface area contributed by atoms with Crippen LogP contribution in [0.15, 0.2) is 18.2 Å². The van der Waals surface area contributed by atoms with Crippen LogP contribution in [-0.2, 0) is 12.8 Å². The Balaban J connectivity index is 1.58. The number of aromatic amines is 1. The maximum Gasteiger partial charge on any atom is 0.257 e. The van der Waals surface area contributed by atoms with Gasteiger partial charge in [0.15, 0.2) is 17.3 Å². The molecule has 20 heavy (non-hydrogen) atoms. The molecule has 2 N–H and O–H groups in total. The number of hydrogen-bond acceptors (Lipinski definition) is 4. The molecule has 0 fully saturated rings. The number of fused-ring (bicyclic) bond motifs is 2. The number of nitrogens with one attached hydrogen (secondary N) is 2. The van der Waals surface area contributed by atoms with Crippen LogP contribution in [0.1, 0.15) is 28.0 Å². The molecule has 1 amide bonds. The van der Waals surface area contributed by atoms with Crippen molar-refractivity contribution in [1.29, 1.82) is 0 Å². The van der Waals surface area contributed by atoms with Crippen LogP contribution in [0.2, 0.25) is 0 Å². The zero-order chi connectivity index (χ0) is 13.5. The van der Waals surface area contributed by atoms with Crippen molar-refractivity contribution >= 4 is 11.7 Å². The van der Waals surface area contributed by atoms with E-state index in [0.29, 0.717) is 22.9 Å². The Hall–Kier alpha value is -2.50. The zero-order valence-corrected chi connectivity index (χ0v) is 10.7.